The Morgan fingerprint density at radius 1 is 1.24 bits per heavy atom. The summed E-state index contributed by atoms with van der Waals surface area (Å²) in [5, 5.41) is 2.75. The van der Waals surface area contributed by atoms with Gasteiger partial charge in [-0.1, -0.05) is 42.2 Å². The summed E-state index contributed by atoms with van der Waals surface area (Å²) in [4.78, 5) is 13.8. The van der Waals surface area contributed by atoms with Gasteiger partial charge in [0, 0.05) is 19.2 Å². The Morgan fingerprint density at radius 2 is 2.00 bits per heavy atom. The summed E-state index contributed by atoms with van der Waals surface area (Å²) in [6.45, 7) is 4.54. The number of carbonyl (C=O) groups is 1. The fraction of sp³-hybridized carbons (Fsp3) is 0.353. The highest BCUT2D eigenvalue weighted by Crippen LogP contribution is 2.00. The van der Waals surface area contributed by atoms with E-state index in [0.29, 0.717) is 6.54 Å². The van der Waals surface area contributed by atoms with Crippen LogP contribution in [0.1, 0.15) is 5.56 Å². The quantitative estimate of drug-likeness (QED) is 0.666. The van der Waals surface area contributed by atoms with Gasteiger partial charge in [-0.2, -0.15) is 0 Å². The van der Waals surface area contributed by atoms with Crippen LogP contribution in [0.4, 0.5) is 0 Å². The van der Waals surface area contributed by atoms with Crippen LogP contribution in [0.3, 0.4) is 0 Å². The van der Waals surface area contributed by atoms with Gasteiger partial charge in [-0.3, -0.25) is 9.69 Å². The van der Waals surface area contributed by atoms with Gasteiger partial charge in [0.1, 0.15) is 0 Å². The Morgan fingerprint density at radius 3 is 2.76 bits per heavy atom. The average Bonchev–Trinajstić information content (AvgIpc) is 2.54. The molecule has 4 nitrogen and oxygen atoms in total. The molecule has 0 radical (unpaired) electrons. The van der Waals surface area contributed by atoms with Crippen LogP contribution in [-0.2, 0) is 9.53 Å². The van der Waals surface area contributed by atoms with E-state index >= 15 is 0 Å². The second kappa shape index (κ2) is 8.96. The van der Waals surface area contributed by atoms with Crippen LogP contribution >= 0.6 is 0 Å². The summed E-state index contributed by atoms with van der Waals surface area (Å²) in [7, 11) is 0. The molecule has 0 spiro atoms. The van der Waals surface area contributed by atoms with E-state index < -0.39 is 0 Å². The van der Waals surface area contributed by atoms with E-state index in [-0.39, 0.29) is 5.91 Å². The number of morpholine rings is 1. The van der Waals surface area contributed by atoms with Crippen molar-refractivity contribution in [1.29, 1.82) is 0 Å². The third kappa shape index (κ3) is 6.26. The third-order valence-corrected chi connectivity index (χ3v) is 3.11. The Labute approximate surface area is 125 Å². The maximum absolute atomic E-state index is 11.6. The van der Waals surface area contributed by atoms with Crippen molar-refractivity contribution < 1.29 is 9.53 Å². The van der Waals surface area contributed by atoms with E-state index in [2.05, 4.69) is 22.1 Å². The van der Waals surface area contributed by atoms with E-state index in [1.54, 1.807) is 6.08 Å². The van der Waals surface area contributed by atoms with Crippen molar-refractivity contribution in [3.63, 3.8) is 0 Å². The minimum absolute atomic E-state index is 0.125. The zero-order valence-corrected chi connectivity index (χ0v) is 12.0. The SMILES string of the molecule is O=C(/C=C/c1ccccc1)NCC#CCN1CCOCC1. The lowest BCUT2D eigenvalue weighted by molar-refractivity contribution is -0.116. The average molecular weight is 284 g/mol. The zero-order valence-electron chi connectivity index (χ0n) is 12.0. The Balaban J connectivity index is 1.64. The number of hydrogen-bond acceptors (Lipinski definition) is 3. The number of ether oxygens (including phenoxy) is 1. The molecular weight excluding hydrogens is 264 g/mol. The minimum atomic E-state index is -0.125. The van der Waals surface area contributed by atoms with Gasteiger partial charge in [-0.05, 0) is 11.6 Å². The lowest BCUT2D eigenvalue weighted by Gasteiger charge is -2.24. The Bertz CT molecular complexity index is 523. The van der Waals surface area contributed by atoms with Crippen LogP contribution in [0, 0.1) is 11.8 Å². The Kier molecular flexibility index (Phi) is 6.53. The summed E-state index contributed by atoms with van der Waals surface area (Å²) in [5.74, 6) is 5.90. The molecule has 0 bridgehead atoms. The molecule has 2 rings (SSSR count). The lowest BCUT2D eigenvalue weighted by Crippen LogP contribution is -2.36. The molecule has 0 aliphatic carbocycles. The number of benzene rings is 1. The predicted octanol–water partition coefficient (Wildman–Crippen LogP) is 1.15. The van der Waals surface area contributed by atoms with Crippen LogP contribution in [-0.4, -0.2) is 50.2 Å². The number of amides is 1. The topological polar surface area (TPSA) is 41.6 Å². The van der Waals surface area contributed by atoms with E-state index in [1.807, 2.05) is 30.3 Å². The van der Waals surface area contributed by atoms with Crippen LogP contribution < -0.4 is 5.32 Å². The van der Waals surface area contributed by atoms with Crippen molar-refractivity contribution in [2.45, 2.75) is 0 Å². The molecule has 0 atom stereocenters. The molecule has 110 valence electrons. The molecule has 1 heterocycles. The second-order valence-electron chi connectivity index (χ2n) is 4.70. The highest BCUT2D eigenvalue weighted by Gasteiger charge is 2.07. The third-order valence-electron chi connectivity index (χ3n) is 3.11. The molecule has 0 aromatic heterocycles. The largest absolute Gasteiger partial charge is 0.379 e. The van der Waals surface area contributed by atoms with Gasteiger partial charge in [-0.25, -0.2) is 0 Å². The molecule has 0 unspecified atom stereocenters. The van der Waals surface area contributed by atoms with Gasteiger partial charge in [-0.15, -0.1) is 0 Å². The minimum Gasteiger partial charge on any atom is -0.379 e. The van der Waals surface area contributed by atoms with Crippen LogP contribution in [0.25, 0.3) is 6.08 Å². The number of nitrogens with one attached hydrogen (secondary N) is 1. The summed E-state index contributed by atoms with van der Waals surface area (Å²) in [5.41, 5.74) is 1.01. The number of nitrogens with zero attached hydrogens (tertiary/aromatic N) is 1. The summed E-state index contributed by atoms with van der Waals surface area (Å²) >= 11 is 0. The predicted molar refractivity (Wildman–Crippen MR) is 83.5 cm³/mol. The smallest absolute Gasteiger partial charge is 0.244 e. The van der Waals surface area contributed by atoms with Crippen molar-refractivity contribution >= 4 is 12.0 Å². The van der Waals surface area contributed by atoms with E-state index in [0.717, 1.165) is 38.4 Å². The van der Waals surface area contributed by atoms with Crippen molar-refractivity contribution in [2.24, 2.45) is 0 Å². The van der Waals surface area contributed by atoms with Gasteiger partial charge in [0.05, 0.1) is 26.3 Å². The van der Waals surface area contributed by atoms with E-state index in [1.165, 1.54) is 6.08 Å². The highest BCUT2D eigenvalue weighted by molar-refractivity contribution is 5.91. The van der Waals surface area contributed by atoms with Crippen LogP contribution in [0.15, 0.2) is 36.4 Å². The number of hydrogen-bond donors (Lipinski definition) is 1. The molecule has 1 aliphatic rings. The van der Waals surface area contributed by atoms with Gasteiger partial charge < -0.3 is 10.1 Å². The molecular formula is C17H20N2O2. The number of rotatable bonds is 4. The molecule has 1 aromatic carbocycles. The van der Waals surface area contributed by atoms with Crippen molar-refractivity contribution in [3.05, 3.63) is 42.0 Å². The fourth-order valence-electron chi connectivity index (χ4n) is 1.92. The highest BCUT2D eigenvalue weighted by atomic mass is 16.5. The molecule has 1 aliphatic heterocycles. The van der Waals surface area contributed by atoms with Crippen molar-refractivity contribution in [1.82, 2.24) is 10.2 Å². The molecule has 1 fully saturated rings. The second-order valence-corrected chi connectivity index (χ2v) is 4.70. The molecule has 1 amide bonds. The molecule has 4 heteroatoms. The van der Waals surface area contributed by atoms with Crippen LogP contribution in [0.5, 0.6) is 0 Å². The van der Waals surface area contributed by atoms with Gasteiger partial charge >= 0.3 is 0 Å². The summed E-state index contributed by atoms with van der Waals surface area (Å²) in [6.07, 6.45) is 3.31. The molecule has 1 aromatic rings. The first-order valence-corrected chi connectivity index (χ1v) is 7.11. The summed E-state index contributed by atoms with van der Waals surface area (Å²) in [6, 6.07) is 9.72. The number of carbonyl (C=O) groups excluding carboxylic acids is 1. The molecule has 0 saturated carbocycles. The maximum Gasteiger partial charge on any atom is 0.244 e. The van der Waals surface area contributed by atoms with E-state index in [4.69, 9.17) is 4.74 Å². The normalized spacial score (nSPS) is 15.4. The van der Waals surface area contributed by atoms with E-state index in [9.17, 15) is 4.79 Å². The molecule has 21 heavy (non-hydrogen) atoms. The standard InChI is InChI=1S/C17H20N2O2/c20-17(9-8-16-6-2-1-3-7-16)18-10-4-5-11-19-12-14-21-15-13-19/h1-3,6-9H,10-15H2,(H,18,20)/b9-8+. The molecule has 1 N–H and O–H groups in total. The van der Waals surface area contributed by atoms with Gasteiger partial charge in [0.25, 0.3) is 0 Å². The van der Waals surface area contributed by atoms with Gasteiger partial charge in [0.2, 0.25) is 5.91 Å². The lowest BCUT2D eigenvalue weighted by atomic mass is 10.2. The van der Waals surface area contributed by atoms with Crippen LogP contribution in [0.2, 0.25) is 0 Å². The maximum atomic E-state index is 11.6. The summed E-state index contributed by atoms with van der Waals surface area (Å²) < 4.78 is 5.27. The molecule has 1 saturated heterocycles. The van der Waals surface area contributed by atoms with Gasteiger partial charge in [0.15, 0.2) is 0 Å². The fourth-order valence-corrected chi connectivity index (χ4v) is 1.92. The van der Waals surface area contributed by atoms with Crippen molar-refractivity contribution in [3.8, 4) is 11.8 Å². The monoisotopic (exact) mass is 284 g/mol. The zero-order chi connectivity index (χ0) is 14.8. The first-order chi connectivity index (χ1) is 10.3. The van der Waals surface area contributed by atoms with Crippen molar-refractivity contribution in [2.75, 3.05) is 39.4 Å². The Hall–Kier alpha value is -2.09. The first-order valence-electron chi connectivity index (χ1n) is 7.11. The first kappa shape index (κ1) is 15.3.